The van der Waals surface area contributed by atoms with E-state index >= 15 is 0 Å². The SMILES string of the molecule is CCNC(=NCc1cn2ccsc2n1)NCCCCOCC. The summed E-state index contributed by atoms with van der Waals surface area (Å²) in [5, 5.41) is 8.64. The lowest BCUT2D eigenvalue weighted by molar-refractivity contribution is 0.143. The molecule has 0 saturated heterocycles. The summed E-state index contributed by atoms with van der Waals surface area (Å²) in [7, 11) is 0. The third-order valence-corrected chi connectivity index (χ3v) is 3.87. The summed E-state index contributed by atoms with van der Waals surface area (Å²) in [6.07, 6.45) is 6.19. The van der Waals surface area contributed by atoms with Crippen molar-refractivity contribution in [1.29, 1.82) is 0 Å². The Hall–Kier alpha value is -1.60. The van der Waals surface area contributed by atoms with Crippen LogP contribution in [-0.2, 0) is 11.3 Å². The van der Waals surface area contributed by atoms with E-state index in [-0.39, 0.29) is 0 Å². The fraction of sp³-hybridized carbons (Fsp3) is 0.600. The summed E-state index contributed by atoms with van der Waals surface area (Å²) in [5.41, 5.74) is 0.986. The molecular formula is C15H25N5OS. The molecule has 0 radical (unpaired) electrons. The van der Waals surface area contributed by atoms with Gasteiger partial charge in [0, 0.05) is 44.1 Å². The molecule has 2 rings (SSSR count). The maximum atomic E-state index is 5.33. The summed E-state index contributed by atoms with van der Waals surface area (Å²) in [4.78, 5) is 10.1. The highest BCUT2D eigenvalue weighted by Crippen LogP contribution is 2.11. The number of hydrogen-bond acceptors (Lipinski definition) is 4. The predicted molar refractivity (Wildman–Crippen MR) is 91.6 cm³/mol. The Morgan fingerprint density at radius 2 is 2.27 bits per heavy atom. The van der Waals surface area contributed by atoms with Crippen LogP contribution in [0.25, 0.3) is 4.96 Å². The Morgan fingerprint density at radius 3 is 3.05 bits per heavy atom. The van der Waals surface area contributed by atoms with Crippen LogP contribution in [0.2, 0.25) is 0 Å². The second-order valence-corrected chi connectivity index (χ2v) is 5.72. The number of nitrogens with zero attached hydrogens (tertiary/aromatic N) is 3. The van der Waals surface area contributed by atoms with Crippen molar-refractivity contribution < 1.29 is 4.74 Å². The first kappa shape index (κ1) is 16.8. The number of ether oxygens (including phenoxy) is 1. The zero-order valence-corrected chi connectivity index (χ0v) is 14.2. The van der Waals surface area contributed by atoms with Gasteiger partial charge in [0.2, 0.25) is 0 Å². The van der Waals surface area contributed by atoms with Crippen LogP contribution in [0.5, 0.6) is 0 Å². The molecule has 0 atom stereocenters. The van der Waals surface area contributed by atoms with Crippen LogP contribution in [0.3, 0.4) is 0 Å². The Kier molecular flexibility index (Phi) is 7.18. The van der Waals surface area contributed by atoms with E-state index in [1.165, 1.54) is 0 Å². The van der Waals surface area contributed by atoms with E-state index in [4.69, 9.17) is 4.74 Å². The first-order chi connectivity index (χ1) is 10.8. The number of rotatable bonds is 9. The van der Waals surface area contributed by atoms with Gasteiger partial charge >= 0.3 is 0 Å². The van der Waals surface area contributed by atoms with Crippen LogP contribution in [0.4, 0.5) is 0 Å². The van der Waals surface area contributed by atoms with Gasteiger partial charge in [0.25, 0.3) is 0 Å². The summed E-state index contributed by atoms with van der Waals surface area (Å²) >= 11 is 1.64. The van der Waals surface area contributed by atoms with Crippen LogP contribution in [0.1, 0.15) is 32.4 Å². The van der Waals surface area contributed by atoms with Gasteiger partial charge in [0.15, 0.2) is 10.9 Å². The average Bonchev–Trinajstić information content (AvgIpc) is 3.09. The summed E-state index contributed by atoms with van der Waals surface area (Å²) in [5.74, 6) is 0.843. The Labute approximate surface area is 135 Å². The van der Waals surface area contributed by atoms with Gasteiger partial charge in [-0.3, -0.25) is 4.40 Å². The molecule has 0 amide bonds. The van der Waals surface area contributed by atoms with E-state index in [1.807, 2.05) is 29.1 Å². The molecular weight excluding hydrogens is 298 g/mol. The molecule has 6 nitrogen and oxygen atoms in total. The van der Waals surface area contributed by atoms with Crippen molar-refractivity contribution in [2.24, 2.45) is 4.99 Å². The average molecular weight is 323 g/mol. The quantitative estimate of drug-likeness (QED) is 0.422. The molecule has 2 aromatic rings. The number of guanidine groups is 1. The molecule has 2 N–H and O–H groups in total. The smallest absolute Gasteiger partial charge is 0.193 e. The van der Waals surface area contributed by atoms with E-state index in [1.54, 1.807) is 11.3 Å². The third-order valence-electron chi connectivity index (χ3n) is 3.10. The number of thiazole rings is 1. The van der Waals surface area contributed by atoms with Crippen molar-refractivity contribution in [3.8, 4) is 0 Å². The minimum atomic E-state index is 0.586. The topological polar surface area (TPSA) is 63.0 Å². The second-order valence-electron chi connectivity index (χ2n) is 4.85. The standard InChI is InChI=1S/C15H25N5OS/c1-3-16-14(17-7-5-6-9-21-4-2)18-11-13-12-20-8-10-22-15(20)19-13/h8,10,12H,3-7,9,11H2,1-2H3,(H2,16,17,18). The van der Waals surface area contributed by atoms with Crippen molar-refractivity contribution in [3.05, 3.63) is 23.5 Å². The molecule has 0 aliphatic heterocycles. The highest BCUT2D eigenvalue weighted by atomic mass is 32.1. The lowest BCUT2D eigenvalue weighted by Crippen LogP contribution is -2.37. The number of hydrogen-bond donors (Lipinski definition) is 2. The molecule has 22 heavy (non-hydrogen) atoms. The minimum Gasteiger partial charge on any atom is -0.382 e. The van der Waals surface area contributed by atoms with E-state index < -0.39 is 0 Å². The van der Waals surface area contributed by atoms with E-state index in [0.29, 0.717) is 6.54 Å². The number of nitrogens with one attached hydrogen (secondary N) is 2. The zero-order chi connectivity index (χ0) is 15.6. The predicted octanol–water partition coefficient (Wildman–Crippen LogP) is 2.27. The van der Waals surface area contributed by atoms with Gasteiger partial charge in [-0.25, -0.2) is 9.98 Å². The first-order valence-corrected chi connectivity index (χ1v) is 8.72. The molecule has 2 heterocycles. The number of aliphatic imine (C=N–C) groups is 1. The van der Waals surface area contributed by atoms with Gasteiger partial charge < -0.3 is 15.4 Å². The second kappa shape index (κ2) is 9.42. The van der Waals surface area contributed by atoms with Crippen molar-refractivity contribution in [1.82, 2.24) is 20.0 Å². The number of unbranched alkanes of at least 4 members (excludes halogenated alkanes) is 1. The highest BCUT2D eigenvalue weighted by molar-refractivity contribution is 7.15. The number of imidazole rings is 1. The largest absolute Gasteiger partial charge is 0.382 e. The Bertz CT molecular complexity index is 549. The van der Waals surface area contributed by atoms with Crippen LogP contribution in [0, 0.1) is 0 Å². The van der Waals surface area contributed by atoms with E-state index in [0.717, 1.165) is 55.8 Å². The summed E-state index contributed by atoms with van der Waals surface area (Å²) < 4.78 is 7.36. The molecule has 0 aliphatic rings. The van der Waals surface area contributed by atoms with Crippen LogP contribution >= 0.6 is 11.3 Å². The normalized spacial score (nSPS) is 12.0. The van der Waals surface area contributed by atoms with Crippen molar-refractivity contribution in [2.75, 3.05) is 26.3 Å². The van der Waals surface area contributed by atoms with Crippen molar-refractivity contribution in [2.45, 2.75) is 33.2 Å². The van der Waals surface area contributed by atoms with Gasteiger partial charge in [0.05, 0.1) is 12.2 Å². The fourth-order valence-corrected chi connectivity index (χ4v) is 2.75. The van der Waals surface area contributed by atoms with Gasteiger partial charge in [-0.15, -0.1) is 11.3 Å². The van der Waals surface area contributed by atoms with Crippen LogP contribution in [0.15, 0.2) is 22.8 Å². The molecule has 0 spiro atoms. The maximum Gasteiger partial charge on any atom is 0.193 e. The molecule has 0 unspecified atom stereocenters. The molecule has 122 valence electrons. The monoisotopic (exact) mass is 323 g/mol. The Balaban J connectivity index is 1.77. The molecule has 0 aromatic carbocycles. The number of fused-ring (bicyclic) bond motifs is 1. The first-order valence-electron chi connectivity index (χ1n) is 7.84. The molecule has 0 bridgehead atoms. The molecule has 0 aliphatic carbocycles. The molecule has 2 aromatic heterocycles. The summed E-state index contributed by atoms with van der Waals surface area (Å²) in [6.45, 7) is 8.05. The maximum absolute atomic E-state index is 5.33. The van der Waals surface area contributed by atoms with Crippen molar-refractivity contribution in [3.63, 3.8) is 0 Å². The lowest BCUT2D eigenvalue weighted by Gasteiger charge is -2.10. The van der Waals surface area contributed by atoms with Crippen LogP contribution in [-0.4, -0.2) is 41.6 Å². The van der Waals surface area contributed by atoms with Crippen LogP contribution < -0.4 is 10.6 Å². The van der Waals surface area contributed by atoms with Gasteiger partial charge in [-0.2, -0.15) is 0 Å². The van der Waals surface area contributed by atoms with Gasteiger partial charge in [0.1, 0.15) is 0 Å². The summed E-state index contributed by atoms with van der Waals surface area (Å²) in [6, 6.07) is 0. The minimum absolute atomic E-state index is 0.586. The van der Waals surface area contributed by atoms with Crippen molar-refractivity contribution >= 4 is 22.3 Å². The number of aromatic nitrogens is 2. The van der Waals surface area contributed by atoms with Gasteiger partial charge in [-0.1, -0.05) is 0 Å². The zero-order valence-electron chi connectivity index (χ0n) is 13.3. The Morgan fingerprint density at radius 1 is 1.36 bits per heavy atom. The fourth-order valence-electron chi connectivity index (χ4n) is 2.03. The molecule has 7 heteroatoms. The molecule has 0 saturated carbocycles. The van der Waals surface area contributed by atoms with E-state index in [9.17, 15) is 0 Å². The van der Waals surface area contributed by atoms with Gasteiger partial charge in [-0.05, 0) is 26.7 Å². The molecule has 0 fully saturated rings. The lowest BCUT2D eigenvalue weighted by atomic mass is 10.3. The third kappa shape index (κ3) is 5.31. The highest BCUT2D eigenvalue weighted by Gasteiger charge is 2.02. The van der Waals surface area contributed by atoms with E-state index in [2.05, 4.69) is 27.5 Å².